The van der Waals surface area contributed by atoms with Gasteiger partial charge < -0.3 is 43.0 Å². The van der Waals surface area contributed by atoms with E-state index in [1.165, 1.54) is 25.4 Å². The van der Waals surface area contributed by atoms with Gasteiger partial charge in [-0.25, -0.2) is 9.36 Å². The number of fused-ring (bicyclic) bond motifs is 1. The third-order valence-electron chi connectivity index (χ3n) is 10.2. The lowest BCUT2D eigenvalue weighted by Crippen LogP contribution is -2.44. The average Bonchev–Trinajstić information content (AvgIpc) is 3.84. The highest BCUT2D eigenvalue weighted by Gasteiger charge is 2.48. The number of aliphatic hydroxyl groups is 1. The predicted molar refractivity (Wildman–Crippen MR) is 203 cm³/mol. The smallest absolute Gasteiger partial charge is 0.335 e. The number of aromatic nitrogens is 2. The van der Waals surface area contributed by atoms with Crippen LogP contribution >= 0.6 is 0 Å². The number of hydrogen-bond donors (Lipinski definition) is 1. The molecule has 16 heteroatoms. The molecule has 0 amide bonds. The highest BCUT2D eigenvalue weighted by atomic mass is 16.7. The topological polar surface area (TPSA) is 181 Å². The van der Waals surface area contributed by atoms with E-state index in [1.54, 1.807) is 21.1 Å². The van der Waals surface area contributed by atoms with E-state index < -0.39 is 59.1 Å². The molecule has 0 spiro atoms. The van der Waals surface area contributed by atoms with Crippen molar-refractivity contribution in [2.45, 2.75) is 49.9 Å². The molecule has 16 nitrogen and oxygen atoms in total. The number of hydrogen-bond acceptors (Lipinski definition) is 13. The summed E-state index contributed by atoms with van der Waals surface area (Å²) < 4.78 is 48.4. The second-order valence-electron chi connectivity index (χ2n) is 13.3. The van der Waals surface area contributed by atoms with E-state index in [9.17, 15) is 24.8 Å². The van der Waals surface area contributed by atoms with E-state index in [1.807, 2.05) is 78.9 Å². The molecule has 1 saturated heterocycles. The molecule has 0 bridgehead atoms. The maximum Gasteiger partial charge on any atom is 0.335 e. The molecule has 4 aromatic carbocycles. The second kappa shape index (κ2) is 16.6. The van der Waals surface area contributed by atoms with Crippen LogP contribution in [0.15, 0.2) is 113 Å². The van der Waals surface area contributed by atoms with Gasteiger partial charge in [-0.3, -0.25) is 19.5 Å². The summed E-state index contributed by atoms with van der Waals surface area (Å²) in [5.41, 5.74) is -0.552. The zero-order chi connectivity index (χ0) is 40.3. The van der Waals surface area contributed by atoms with E-state index in [-0.39, 0.29) is 30.4 Å². The molecule has 2 aliphatic heterocycles. The second-order valence-corrected chi connectivity index (χ2v) is 13.3. The van der Waals surface area contributed by atoms with Gasteiger partial charge in [0.1, 0.15) is 42.1 Å². The van der Waals surface area contributed by atoms with E-state index in [4.69, 9.17) is 37.9 Å². The van der Waals surface area contributed by atoms with Crippen LogP contribution in [0.3, 0.4) is 0 Å². The summed E-state index contributed by atoms with van der Waals surface area (Å²) in [4.78, 5) is 38.2. The van der Waals surface area contributed by atoms with Gasteiger partial charge in [-0.15, -0.1) is 0 Å². The molecule has 3 heterocycles. The van der Waals surface area contributed by atoms with Crippen LogP contribution in [0, 0.1) is 10.1 Å². The largest absolute Gasteiger partial charge is 0.497 e. The number of nitro benzene ring substituents is 1. The van der Waals surface area contributed by atoms with Crippen molar-refractivity contribution in [1.82, 2.24) is 9.13 Å². The summed E-state index contributed by atoms with van der Waals surface area (Å²) in [6, 6.07) is 28.4. The molecule has 5 atom stereocenters. The van der Waals surface area contributed by atoms with E-state index in [2.05, 4.69) is 0 Å². The first kappa shape index (κ1) is 39.2. The molecule has 57 heavy (non-hydrogen) atoms. The van der Waals surface area contributed by atoms with Crippen molar-refractivity contribution < 1.29 is 47.9 Å². The number of methoxy groups -OCH3 is 3. The summed E-state index contributed by atoms with van der Waals surface area (Å²) in [7, 11) is 4.54. The van der Waals surface area contributed by atoms with Gasteiger partial charge in [0.2, 0.25) is 6.79 Å². The lowest BCUT2D eigenvalue weighted by Gasteiger charge is -2.37. The van der Waals surface area contributed by atoms with Gasteiger partial charge in [-0.2, -0.15) is 0 Å². The average molecular weight is 784 g/mol. The SMILES string of the molecule is COc1ccc(C(OC[C@H]2O[C@@H](n3ccc(=O)n(COC(C)c4cc5c(cc4[N+](=O)[O-])OCO5)c3=O)[C@H](OC)[C@@H]2O)(c2ccccc2)c2ccc(OC)cc2)cc1. The van der Waals surface area contributed by atoms with Gasteiger partial charge in [0.15, 0.2) is 17.7 Å². The van der Waals surface area contributed by atoms with Gasteiger partial charge >= 0.3 is 5.69 Å². The number of rotatable bonds is 15. The van der Waals surface area contributed by atoms with Crippen LogP contribution in [0.2, 0.25) is 0 Å². The number of ether oxygens (including phenoxy) is 8. The maximum atomic E-state index is 13.9. The van der Waals surface area contributed by atoms with Crippen LogP contribution in [0.4, 0.5) is 5.69 Å². The molecule has 1 aromatic heterocycles. The molecule has 0 radical (unpaired) electrons. The molecule has 7 rings (SSSR count). The summed E-state index contributed by atoms with van der Waals surface area (Å²) in [5, 5.41) is 23.5. The van der Waals surface area contributed by atoms with Crippen molar-refractivity contribution in [3.63, 3.8) is 0 Å². The van der Waals surface area contributed by atoms with Gasteiger partial charge in [0.25, 0.3) is 11.2 Å². The first-order valence-corrected chi connectivity index (χ1v) is 18.0. The molecule has 1 fully saturated rings. The lowest BCUT2D eigenvalue weighted by atomic mass is 9.80. The Kier molecular flexibility index (Phi) is 11.4. The fourth-order valence-electron chi connectivity index (χ4n) is 7.17. The Labute approximate surface area is 326 Å². The van der Waals surface area contributed by atoms with Crippen molar-refractivity contribution in [2.24, 2.45) is 0 Å². The zero-order valence-electron chi connectivity index (χ0n) is 31.5. The van der Waals surface area contributed by atoms with E-state index in [0.29, 0.717) is 17.2 Å². The number of aliphatic hydroxyl groups excluding tert-OH is 1. The Morgan fingerprint density at radius 3 is 2.05 bits per heavy atom. The highest BCUT2D eigenvalue weighted by Crippen LogP contribution is 2.44. The minimum absolute atomic E-state index is 0.0866. The fraction of sp³-hybridized carbons (Fsp3) is 0.317. The highest BCUT2D eigenvalue weighted by molar-refractivity contribution is 5.56. The zero-order valence-corrected chi connectivity index (χ0v) is 31.5. The summed E-state index contributed by atoms with van der Waals surface area (Å²) in [5.74, 6) is 1.83. The van der Waals surface area contributed by atoms with Gasteiger partial charge in [-0.05, 0) is 53.9 Å². The van der Waals surface area contributed by atoms with Crippen LogP contribution < -0.4 is 30.2 Å². The monoisotopic (exact) mass is 783 g/mol. The molecule has 2 aliphatic rings. The molecule has 0 aliphatic carbocycles. The number of nitro groups is 1. The van der Waals surface area contributed by atoms with E-state index >= 15 is 0 Å². The third kappa shape index (κ3) is 7.48. The molecule has 298 valence electrons. The normalized spacial score (nSPS) is 19.3. The van der Waals surface area contributed by atoms with Crippen LogP contribution in [-0.4, -0.2) is 72.2 Å². The van der Waals surface area contributed by atoms with E-state index in [0.717, 1.165) is 31.9 Å². The van der Waals surface area contributed by atoms with Crippen LogP contribution in [0.25, 0.3) is 0 Å². The van der Waals surface area contributed by atoms with Crippen LogP contribution in [-0.2, 0) is 31.3 Å². The Morgan fingerprint density at radius 1 is 0.877 bits per heavy atom. The quantitative estimate of drug-likeness (QED) is 0.0879. The van der Waals surface area contributed by atoms with Crippen molar-refractivity contribution in [1.29, 1.82) is 0 Å². The molecule has 1 unspecified atom stereocenters. The standard InChI is InChI=1S/C41H41N3O13/c1-25(31-20-33-34(55-24-54-33)21-32(31)44(48)49)53-23-43-36(45)18-19-42(40(43)47)39-38(52-4)37(46)35(57-39)22-56-41(26-8-6-5-7-9-26,27-10-14-29(50-2)15-11-27)28-12-16-30(51-3)17-13-28/h5-21,25,35,37-39,46H,22-24H2,1-4H3/t25?,35-,37-,38-,39-/m1/s1. The Bertz CT molecular complexity index is 2270. The van der Waals surface area contributed by atoms with Crippen molar-refractivity contribution in [3.8, 4) is 23.0 Å². The van der Waals surface area contributed by atoms with Crippen molar-refractivity contribution in [3.05, 3.63) is 156 Å². The first-order valence-electron chi connectivity index (χ1n) is 18.0. The molecule has 1 N–H and O–H groups in total. The minimum Gasteiger partial charge on any atom is -0.497 e. The van der Waals surface area contributed by atoms with Gasteiger partial charge in [0, 0.05) is 19.4 Å². The maximum absolute atomic E-state index is 13.9. The van der Waals surface area contributed by atoms with Gasteiger partial charge in [0.05, 0.1) is 43.5 Å². The molecular weight excluding hydrogens is 742 g/mol. The Morgan fingerprint density at radius 2 is 1.47 bits per heavy atom. The van der Waals surface area contributed by atoms with Crippen molar-refractivity contribution in [2.75, 3.05) is 34.7 Å². The van der Waals surface area contributed by atoms with Crippen LogP contribution in [0.1, 0.15) is 41.5 Å². The van der Waals surface area contributed by atoms with Crippen LogP contribution in [0.5, 0.6) is 23.0 Å². The summed E-state index contributed by atoms with van der Waals surface area (Å²) >= 11 is 0. The Balaban J connectivity index is 1.18. The summed E-state index contributed by atoms with van der Waals surface area (Å²) in [6.07, 6.45) is -4.25. The summed E-state index contributed by atoms with van der Waals surface area (Å²) in [6.45, 7) is 0.727. The molecular formula is C41H41N3O13. The first-order chi connectivity index (χ1) is 27.6. The lowest BCUT2D eigenvalue weighted by molar-refractivity contribution is -0.386. The number of nitrogens with zero attached hydrogens (tertiary/aromatic N) is 3. The fourth-order valence-corrected chi connectivity index (χ4v) is 7.17. The molecule has 5 aromatic rings. The predicted octanol–water partition coefficient (Wildman–Crippen LogP) is 4.68. The minimum atomic E-state index is -1.28. The van der Waals surface area contributed by atoms with Gasteiger partial charge in [-0.1, -0.05) is 54.6 Å². The Hall–Kier alpha value is -6.04. The third-order valence-corrected chi connectivity index (χ3v) is 10.2. The molecule has 0 saturated carbocycles. The number of benzene rings is 4. The van der Waals surface area contributed by atoms with Crippen molar-refractivity contribution >= 4 is 5.69 Å².